The summed E-state index contributed by atoms with van der Waals surface area (Å²) in [6, 6.07) is 17.6. The molecule has 0 spiro atoms. The Morgan fingerprint density at radius 3 is 2.19 bits per heavy atom. The SMILES string of the molecule is CN1CC[C@@H](CN2c3ccccc3Sc3ccccc32)C1. The Hall–Kier alpha value is -1.45. The van der Waals surface area contributed by atoms with Crippen LogP contribution < -0.4 is 4.90 Å². The molecule has 2 aliphatic heterocycles. The zero-order chi connectivity index (χ0) is 14.2. The Balaban J connectivity index is 1.71. The standard InChI is InChI=1S/C18H20N2S/c1-19-11-10-14(12-19)13-20-15-6-2-4-8-17(15)21-18-9-5-3-7-16(18)20/h2-9,14H,10-13H2,1H3/t14-/m1/s1. The van der Waals surface area contributed by atoms with Gasteiger partial charge in [-0.3, -0.25) is 0 Å². The van der Waals surface area contributed by atoms with E-state index in [1.165, 1.54) is 40.7 Å². The van der Waals surface area contributed by atoms with E-state index in [1.807, 2.05) is 11.8 Å². The summed E-state index contributed by atoms with van der Waals surface area (Å²) in [5.74, 6) is 0.763. The van der Waals surface area contributed by atoms with Crippen molar-refractivity contribution in [2.24, 2.45) is 5.92 Å². The molecule has 2 heterocycles. The van der Waals surface area contributed by atoms with Crippen molar-refractivity contribution < 1.29 is 0 Å². The van der Waals surface area contributed by atoms with Gasteiger partial charge in [0.05, 0.1) is 11.4 Å². The van der Waals surface area contributed by atoms with Crippen LogP contribution in [0.3, 0.4) is 0 Å². The quantitative estimate of drug-likeness (QED) is 0.818. The molecule has 1 atom stereocenters. The number of rotatable bonds is 2. The Kier molecular flexibility index (Phi) is 3.40. The van der Waals surface area contributed by atoms with Gasteiger partial charge >= 0.3 is 0 Å². The average Bonchev–Trinajstić information content (AvgIpc) is 2.92. The fourth-order valence-corrected chi connectivity index (χ4v) is 4.51. The molecular formula is C18H20N2S. The fourth-order valence-electron chi connectivity index (χ4n) is 3.41. The number of hydrogen-bond acceptors (Lipinski definition) is 3. The van der Waals surface area contributed by atoms with Crippen LogP contribution in [0.1, 0.15) is 6.42 Å². The molecule has 21 heavy (non-hydrogen) atoms. The van der Waals surface area contributed by atoms with Gasteiger partial charge in [0, 0.05) is 22.9 Å². The topological polar surface area (TPSA) is 6.48 Å². The summed E-state index contributed by atoms with van der Waals surface area (Å²) < 4.78 is 0. The maximum absolute atomic E-state index is 2.53. The van der Waals surface area contributed by atoms with Crippen molar-refractivity contribution in [2.45, 2.75) is 16.2 Å². The predicted molar refractivity (Wildman–Crippen MR) is 89.6 cm³/mol. The number of para-hydroxylation sites is 2. The molecule has 2 aromatic rings. The van der Waals surface area contributed by atoms with Crippen LogP contribution in [0.4, 0.5) is 11.4 Å². The van der Waals surface area contributed by atoms with E-state index >= 15 is 0 Å². The van der Waals surface area contributed by atoms with E-state index in [2.05, 4.69) is 65.4 Å². The molecule has 0 bridgehead atoms. The second kappa shape index (κ2) is 5.39. The maximum Gasteiger partial charge on any atom is 0.0552 e. The highest BCUT2D eigenvalue weighted by Crippen LogP contribution is 2.48. The van der Waals surface area contributed by atoms with E-state index in [9.17, 15) is 0 Å². The zero-order valence-electron chi connectivity index (χ0n) is 12.3. The number of hydrogen-bond donors (Lipinski definition) is 0. The van der Waals surface area contributed by atoms with Crippen molar-refractivity contribution in [3.05, 3.63) is 48.5 Å². The molecule has 0 N–H and O–H groups in total. The number of nitrogens with zero attached hydrogens (tertiary/aromatic N) is 2. The van der Waals surface area contributed by atoms with Gasteiger partial charge in [-0.05, 0) is 50.2 Å². The van der Waals surface area contributed by atoms with Crippen LogP contribution in [0.2, 0.25) is 0 Å². The van der Waals surface area contributed by atoms with Crippen LogP contribution in [0.15, 0.2) is 58.3 Å². The van der Waals surface area contributed by atoms with E-state index in [4.69, 9.17) is 0 Å². The van der Waals surface area contributed by atoms with Crippen molar-refractivity contribution in [2.75, 3.05) is 31.6 Å². The van der Waals surface area contributed by atoms with Crippen LogP contribution in [-0.4, -0.2) is 31.6 Å². The molecular weight excluding hydrogens is 276 g/mol. The first-order valence-electron chi connectivity index (χ1n) is 7.63. The summed E-state index contributed by atoms with van der Waals surface area (Å²) in [5, 5.41) is 0. The van der Waals surface area contributed by atoms with Crippen molar-refractivity contribution in [1.82, 2.24) is 4.90 Å². The highest BCUT2D eigenvalue weighted by atomic mass is 32.2. The summed E-state index contributed by atoms with van der Waals surface area (Å²) in [5.41, 5.74) is 2.74. The first-order chi connectivity index (χ1) is 10.3. The van der Waals surface area contributed by atoms with Crippen molar-refractivity contribution in [1.29, 1.82) is 0 Å². The molecule has 0 aliphatic carbocycles. The van der Waals surface area contributed by atoms with Gasteiger partial charge in [-0.15, -0.1) is 0 Å². The molecule has 2 nitrogen and oxygen atoms in total. The molecule has 4 rings (SSSR count). The second-order valence-corrected chi connectivity index (χ2v) is 7.15. The molecule has 108 valence electrons. The Morgan fingerprint density at radius 2 is 1.62 bits per heavy atom. The van der Waals surface area contributed by atoms with Gasteiger partial charge in [0.15, 0.2) is 0 Å². The first-order valence-corrected chi connectivity index (χ1v) is 8.45. The molecule has 0 saturated carbocycles. The minimum absolute atomic E-state index is 0.763. The minimum Gasteiger partial charge on any atom is -0.339 e. The summed E-state index contributed by atoms with van der Waals surface area (Å²) in [7, 11) is 2.23. The van der Waals surface area contributed by atoms with Crippen LogP contribution in [-0.2, 0) is 0 Å². The van der Waals surface area contributed by atoms with Gasteiger partial charge in [0.1, 0.15) is 0 Å². The molecule has 0 unspecified atom stereocenters. The highest BCUT2D eigenvalue weighted by Gasteiger charge is 2.27. The number of anilines is 2. The van der Waals surface area contributed by atoms with Gasteiger partial charge < -0.3 is 9.80 Å². The number of likely N-dealkylation sites (tertiary alicyclic amines) is 1. The summed E-state index contributed by atoms with van der Waals surface area (Å²) in [4.78, 5) is 7.73. The Bertz CT molecular complexity index is 610. The van der Waals surface area contributed by atoms with Gasteiger partial charge in [0.25, 0.3) is 0 Å². The second-order valence-electron chi connectivity index (χ2n) is 6.07. The summed E-state index contributed by atoms with van der Waals surface area (Å²) >= 11 is 1.89. The third kappa shape index (κ3) is 2.45. The third-order valence-corrected chi connectivity index (χ3v) is 5.59. The van der Waals surface area contributed by atoms with Gasteiger partial charge in [-0.1, -0.05) is 36.0 Å². The highest BCUT2D eigenvalue weighted by molar-refractivity contribution is 7.99. The van der Waals surface area contributed by atoms with E-state index in [0.29, 0.717) is 0 Å². The lowest BCUT2D eigenvalue weighted by Crippen LogP contribution is -2.28. The average molecular weight is 296 g/mol. The zero-order valence-corrected chi connectivity index (χ0v) is 13.1. The van der Waals surface area contributed by atoms with E-state index in [1.54, 1.807) is 0 Å². The van der Waals surface area contributed by atoms with Crippen molar-refractivity contribution >= 4 is 23.1 Å². The lowest BCUT2D eigenvalue weighted by Gasteiger charge is -2.34. The monoisotopic (exact) mass is 296 g/mol. The maximum atomic E-state index is 2.53. The fraction of sp³-hybridized carbons (Fsp3) is 0.333. The van der Waals surface area contributed by atoms with Gasteiger partial charge in [0.2, 0.25) is 0 Å². The smallest absolute Gasteiger partial charge is 0.0552 e. The Labute approximate surface area is 130 Å². The minimum atomic E-state index is 0.763. The van der Waals surface area contributed by atoms with Gasteiger partial charge in [-0.25, -0.2) is 0 Å². The van der Waals surface area contributed by atoms with E-state index < -0.39 is 0 Å². The molecule has 0 amide bonds. The molecule has 0 aromatic heterocycles. The molecule has 2 aromatic carbocycles. The van der Waals surface area contributed by atoms with Crippen LogP contribution >= 0.6 is 11.8 Å². The van der Waals surface area contributed by atoms with Crippen LogP contribution in [0, 0.1) is 5.92 Å². The van der Waals surface area contributed by atoms with Crippen LogP contribution in [0.5, 0.6) is 0 Å². The molecule has 0 radical (unpaired) electrons. The van der Waals surface area contributed by atoms with E-state index in [-0.39, 0.29) is 0 Å². The number of fused-ring (bicyclic) bond motifs is 2. The first kappa shape index (κ1) is 13.2. The van der Waals surface area contributed by atoms with E-state index in [0.717, 1.165) is 12.5 Å². The van der Waals surface area contributed by atoms with Crippen molar-refractivity contribution in [3.8, 4) is 0 Å². The lowest BCUT2D eigenvalue weighted by molar-refractivity contribution is 0.396. The van der Waals surface area contributed by atoms with Gasteiger partial charge in [-0.2, -0.15) is 0 Å². The summed E-state index contributed by atoms with van der Waals surface area (Å²) in [6.07, 6.45) is 1.31. The normalized spacial score (nSPS) is 21.2. The predicted octanol–water partition coefficient (Wildman–Crippen LogP) is 4.24. The molecule has 2 aliphatic rings. The number of benzene rings is 2. The van der Waals surface area contributed by atoms with Crippen molar-refractivity contribution in [3.63, 3.8) is 0 Å². The molecule has 1 fully saturated rings. The summed E-state index contributed by atoms with van der Waals surface area (Å²) in [6.45, 7) is 3.57. The Morgan fingerprint density at radius 1 is 1.00 bits per heavy atom. The largest absolute Gasteiger partial charge is 0.339 e. The molecule has 3 heteroatoms. The molecule has 1 saturated heterocycles. The third-order valence-electron chi connectivity index (χ3n) is 4.46. The lowest BCUT2D eigenvalue weighted by atomic mass is 10.1. The van der Waals surface area contributed by atoms with Crippen LogP contribution in [0.25, 0.3) is 0 Å².